The number of hydrogen-bond donors (Lipinski definition) is 1. The molecular weight excluding hydrogens is 268 g/mol. The van der Waals surface area contributed by atoms with E-state index >= 15 is 0 Å². The van der Waals surface area contributed by atoms with Crippen molar-refractivity contribution in [2.45, 2.75) is 31.8 Å². The monoisotopic (exact) mass is 292 g/mol. The Morgan fingerprint density at radius 3 is 2.71 bits per heavy atom. The van der Waals surface area contributed by atoms with Gasteiger partial charge in [0.05, 0.1) is 12.6 Å². The van der Waals surface area contributed by atoms with E-state index in [9.17, 15) is 4.79 Å². The maximum absolute atomic E-state index is 12.6. The van der Waals surface area contributed by atoms with Gasteiger partial charge in [0.15, 0.2) is 0 Å². The molecule has 2 N–H and O–H groups in total. The highest BCUT2D eigenvalue weighted by Gasteiger charge is 2.37. The first-order valence-electron chi connectivity index (χ1n) is 7.22. The molecule has 0 radical (unpaired) electrons. The number of benzene rings is 1. The van der Waals surface area contributed by atoms with E-state index in [1.165, 1.54) is 0 Å². The van der Waals surface area contributed by atoms with Crippen molar-refractivity contribution in [3.05, 3.63) is 29.3 Å². The largest absolute Gasteiger partial charge is 0.496 e. The van der Waals surface area contributed by atoms with Gasteiger partial charge in [-0.1, -0.05) is 17.7 Å². The maximum atomic E-state index is 12.6. The molecule has 1 saturated heterocycles. The first-order chi connectivity index (χ1) is 9.96. The summed E-state index contributed by atoms with van der Waals surface area (Å²) in [6, 6.07) is 5.96. The molecule has 0 saturated carbocycles. The van der Waals surface area contributed by atoms with Crippen LogP contribution in [0.5, 0.6) is 5.75 Å². The number of rotatable bonds is 4. The van der Waals surface area contributed by atoms with Gasteiger partial charge in [-0.05, 0) is 25.8 Å². The third-order valence-corrected chi connectivity index (χ3v) is 4.00. The third kappa shape index (κ3) is 3.54. The summed E-state index contributed by atoms with van der Waals surface area (Å²) in [6.45, 7) is 3.60. The Labute approximate surface area is 126 Å². The lowest BCUT2D eigenvalue weighted by molar-refractivity contribution is -0.139. The molecule has 0 aromatic heterocycles. The molecule has 5 nitrogen and oxygen atoms in total. The Hall–Kier alpha value is -1.59. The zero-order chi connectivity index (χ0) is 15.5. The fourth-order valence-electron chi connectivity index (χ4n) is 2.69. The molecule has 0 aliphatic carbocycles. The van der Waals surface area contributed by atoms with Gasteiger partial charge in [0.1, 0.15) is 5.75 Å². The molecule has 1 aromatic rings. The van der Waals surface area contributed by atoms with Crippen LogP contribution in [0.1, 0.15) is 24.0 Å². The smallest absolute Gasteiger partial charge is 0.242 e. The fraction of sp³-hybridized carbons (Fsp3) is 0.562. The van der Waals surface area contributed by atoms with Crippen LogP contribution in [0.3, 0.4) is 0 Å². The lowest BCUT2D eigenvalue weighted by Crippen LogP contribution is -2.57. The van der Waals surface area contributed by atoms with E-state index in [-0.39, 0.29) is 5.91 Å². The predicted molar refractivity (Wildman–Crippen MR) is 81.2 cm³/mol. The van der Waals surface area contributed by atoms with Crippen molar-refractivity contribution in [1.82, 2.24) is 4.90 Å². The van der Waals surface area contributed by atoms with Gasteiger partial charge in [-0.2, -0.15) is 0 Å². The summed E-state index contributed by atoms with van der Waals surface area (Å²) < 4.78 is 10.7. The number of nitrogens with zero attached hydrogens (tertiary/aromatic N) is 1. The van der Waals surface area contributed by atoms with Gasteiger partial charge >= 0.3 is 0 Å². The fourth-order valence-corrected chi connectivity index (χ4v) is 2.69. The Balaban J connectivity index is 2.12. The number of carbonyl (C=O) groups is 1. The number of amides is 1. The van der Waals surface area contributed by atoms with Crippen molar-refractivity contribution in [2.24, 2.45) is 5.73 Å². The van der Waals surface area contributed by atoms with E-state index in [2.05, 4.69) is 0 Å². The molecule has 1 amide bonds. The zero-order valence-electron chi connectivity index (χ0n) is 13.0. The summed E-state index contributed by atoms with van der Waals surface area (Å²) in [5, 5.41) is 0. The van der Waals surface area contributed by atoms with E-state index in [0.717, 1.165) is 16.9 Å². The highest BCUT2D eigenvalue weighted by molar-refractivity contribution is 5.86. The third-order valence-electron chi connectivity index (χ3n) is 4.00. The maximum Gasteiger partial charge on any atom is 0.242 e. The summed E-state index contributed by atoms with van der Waals surface area (Å²) in [7, 11) is 3.42. The normalized spacial score (nSPS) is 17.3. The number of aryl methyl sites for hydroxylation is 1. The number of nitrogens with two attached hydrogens (primary N) is 1. The molecule has 1 aliphatic heterocycles. The van der Waals surface area contributed by atoms with Gasteiger partial charge in [0.2, 0.25) is 5.91 Å². The lowest BCUT2D eigenvalue weighted by Gasteiger charge is -2.35. The first kappa shape index (κ1) is 15.8. The van der Waals surface area contributed by atoms with E-state index in [4.69, 9.17) is 15.2 Å². The number of ether oxygens (including phenoxy) is 2. The Bertz CT molecular complexity index is 510. The SMILES string of the molecule is COc1ccc(C)cc1CN(C)C(=O)C1(N)CCOCC1. The summed E-state index contributed by atoms with van der Waals surface area (Å²) in [4.78, 5) is 14.3. The molecule has 0 bridgehead atoms. The second-order valence-corrected chi connectivity index (χ2v) is 5.75. The molecular formula is C16H24N2O3. The van der Waals surface area contributed by atoms with E-state index in [1.54, 1.807) is 19.1 Å². The predicted octanol–water partition coefficient (Wildman–Crippen LogP) is 1.47. The minimum absolute atomic E-state index is 0.0330. The quantitative estimate of drug-likeness (QED) is 0.912. The minimum atomic E-state index is -0.802. The van der Waals surface area contributed by atoms with Crippen molar-refractivity contribution < 1.29 is 14.3 Å². The van der Waals surface area contributed by atoms with Crippen molar-refractivity contribution >= 4 is 5.91 Å². The Kier molecular flexibility index (Phi) is 4.85. The molecule has 1 aromatic carbocycles. The summed E-state index contributed by atoms with van der Waals surface area (Å²) >= 11 is 0. The standard InChI is InChI=1S/C16H24N2O3/c1-12-4-5-14(20-3)13(10-12)11-18(2)15(19)16(17)6-8-21-9-7-16/h4-5,10H,6-9,11,17H2,1-3H3. The molecule has 0 atom stereocenters. The molecule has 1 heterocycles. The van der Waals surface area contributed by atoms with Crippen LogP contribution in [0.4, 0.5) is 0 Å². The van der Waals surface area contributed by atoms with Gasteiger partial charge in [0.25, 0.3) is 0 Å². The number of likely N-dealkylation sites (N-methyl/N-ethyl adjacent to an activating group) is 1. The summed E-state index contributed by atoms with van der Waals surface area (Å²) in [5.41, 5.74) is 7.58. The van der Waals surface area contributed by atoms with Gasteiger partial charge in [-0.15, -0.1) is 0 Å². The van der Waals surface area contributed by atoms with Gasteiger partial charge < -0.3 is 20.1 Å². The van der Waals surface area contributed by atoms with Crippen LogP contribution in [0.2, 0.25) is 0 Å². The number of hydrogen-bond acceptors (Lipinski definition) is 4. The van der Waals surface area contributed by atoms with Gasteiger partial charge in [-0.3, -0.25) is 4.79 Å². The van der Waals surface area contributed by atoms with Crippen LogP contribution in [-0.2, 0) is 16.1 Å². The Morgan fingerprint density at radius 1 is 1.43 bits per heavy atom. The molecule has 2 rings (SSSR count). The molecule has 1 aliphatic rings. The average Bonchev–Trinajstić information content (AvgIpc) is 2.47. The van der Waals surface area contributed by atoms with Crippen molar-refractivity contribution in [1.29, 1.82) is 0 Å². The molecule has 0 spiro atoms. The molecule has 1 fully saturated rings. The topological polar surface area (TPSA) is 64.8 Å². The highest BCUT2D eigenvalue weighted by atomic mass is 16.5. The van der Waals surface area contributed by atoms with Crippen molar-refractivity contribution in [3.8, 4) is 5.75 Å². The van der Waals surface area contributed by atoms with Crippen LogP contribution < -0.4 is 10.5 Å². The first-order valence-corrected chi connectivity index (χ1v) is 7.22. The van der Waals surface area contributed by atoms with Crippen LogP contribution in [0, 0.1) is 6.92 Å². The molecule has 21 heavy (non-hydrogen) atoms. The average molecular weight is 292 g/mol. The lowest BCUT2D eigenvalue weighted by atomic mass is 9.89. The zero-order valence-corrected chi connectivity index (χ0v) is 13.0. The second-order valence-electron chi connectivity index (χ2n) is 5.75. The van der Waals surface area contributed by atoms with E-state index in [1.807, 2.05) is 25.1 Å². The van der Waals surface area contributed by atoms with E-state index in [0.29, 0.717) is 32.6 Å². The number of carbonyl (C=O) groups excluding carboxylic acids is 1. The minimum Gasteiger partial charge on any atom is -0.496 e. The van der Waals surface area contributed by atoms with Crippen molar-refractivity contribution in [2.75, 3.05) is 27.4 Å². The number of methoxy groups -OCH3 is 1. The van der Waals surface area contributed by atoms with E-state index < -0.39 is 5.54 Å². The Morgan fingerprint density at radius 2 is 2.10 bits per heavy atom. The van der Waals surface area contributed by atoms with Crippen molar-refractivity contribution in [3.63, 3.8) is 0 Å². The highest BCUT2D eigenvalue weighted by Crippen LogP contribution is 2.24. The summed E-state index contributed by atoms with van der Waals surface area (Å²) in [6.07, 6.45) is 1.14. The molecule has 116 valence electrons. The van der Waals surface area contributed by atoms with Crippen LogP contribution >= 0.6 is 0 Å². The molecule has 0 unspecified atom stereocenters. The van der Waals surface area contributed by atoms with Crippen LogP contribution in [0.15, 0.2) is 18.2 Å². The van der Waals surface area contributed by atoms with Crippen LogP contribution in [-0.4, -0.2) is 43.7 Å². The summed E-state index contributed by atoms with van der Waals surface area (Å²) in [5.74, 6) is 0.757. The van der Waals surface area contributed by atoms with Gasteiger partial charge in [0, 0.05) is 32.4 Å². The molecule has 5 heteroatoms. The second kappa shape index (κ2) is 6.45. The van der Waals surface area contributed by atoms with Gasteiger partial charge in [-0.25, -0.2) is 0 Å². The van der Waals surface area contributed by atoms with Crippen LogP contribution in [0.25, 0.3) is 0 Å².